The van der Waals surface area contributed by atoms with Crippen LogP contribution in [0.3, 0.4) is 0 Å². The van der Waals surface area contributed by atoms with Crippen molar-refractivity contribution in [1.82, 2.24) is 0 Å². The molecule has 1 aromatic rings. The Morgan fingerprint density at radius 3 is 1.42 bits per heavy atom. The van der Waals surface area contributed by atoms with Gasteiger partial charge >= 0.3 is 0 Å². The molecule has 0 aromatic heterocycles. The zero-order valence-electron chi connectivity index (χ0n) is 15.8. The van der Waals surface area contributed by atoms with E-state index in [4.69, 9.17) is 4.74 Å². The van der Waals surface area contributed by atoms with E-state index >= 15 is 0 Å². The van der Waals surface area contributed by atoms with Crippen molar-refractivity contribution in [1.29, 1.82) is 0 Å². The first-order chi connectivity index (χ1) is 11.9. The molecule has 0 atom stereocenters. The minimum absolute atomic E-state index is 0.860. The molecule has 0 amide bonds. The summed E-state index contributed by atoms with van der Waals surface area (Å²) >= 11 is 0. The Morgan fingerprint density at radius 1 is 0.542 bits per heavy atom. The molecular weight excluding hydrogens is 292 g/mol. The Bertz CT molecular complexity index is 346. The highest BCUT2D eigenvalue weighted by Crippen LogP contribution is 2.14. The van der Waals surface area contributed by atoms with Crippen molar-refractivity contribution in [3.05, 3.63) is 37.3 Å². The summed E-state index contributed by atoms with van der Waals surface area (Å²) in [4.78, 5) is 0. The predicted octanol–water partition coefficient (Wildman–Crippen LogP) is 7.75. The number of hydrogen-bond donors (Lipinski definition) is 0. The van der Waals surface area contributed by atoms with Crippen molar-refractivity contribution in [2.45, 2.75) is 96.3 Å². The van der Waals surface area contributed by atoms with Crippen LogP contribution in [0.1, 0.15) is 96.3 Å². The second kappa shape index (κ2) is 16.9. The maximum absolute atomic E-state index is 5.72. The number of unbranched alkanes of at least 4 members (excludes halogenated alkanes) is 14. The molecule has 0 aliphatic rings. The standard InChI is InChI=1S/C23H39O/c1-2-3-4-5-6-7-8-9-10-11-12-13-14-15-19-22-24-23-20-17-16-18-21-23/h16-18,20-21H,1-15,19,22H2. The van der Waals surface area contributed by atoms with Gasteiger partial charge in [-0.2, -0.15) is 0 Å². The lowest BCUT2D eigenvalue weighted by atomic mass is 10.0. The second-order valence-corrected chi connectivity index (χ2v) is 6.96. The quantitative estimate of drug-likeness (QED) is 0.265. The molecule has 1 heteroatoms. The van der Waals surface area contributed by atoms with Crippen LogP contribution in [0.5, 0.6) is 5.75 Å². The molecule has 0 bridgehead atoms. The van der Waals surface area contributed by atoms with Gasteiger partial charge in [-0.25, -0.2) is 0 Å². The third-order valence-electron chi connectivity index (χ3n) is 4.66. The summed E-state index contributed by atoms with van der Waals surface area (Å²) in [6.45, 7) is 4.76. The third kappa shape index (κ3) is 13.5. The van der Waals surface area contributed by atoms with Crippen molar-refractivity contribution in [3.63, 3.8) is 0 Å². The van der Waals surface area contributed by atoms with Crippen LogP contribution in [0.15, 0.2) is 30.3 Å². The van der Waals surface area contributed by atoms with Crippen molar-refractivity contribution in [2.75, 3.05) is 6.61 Å². The van der Waals surface area contributed by atoms with Crippen molar-refractivity contribution in [3.8, 4) is 5.75 Å². The average molecular weight is 332 g/mol. The van der Waals surface area contributed by atoms with Gasteiger partial charge in [0.05, 0.1) is 6.61 Å². The fourth-order valence-corrected chi connectivity index (χ4v) is 3.11. The summed E-state index contributed by atoms with van der Waals surface area (Å²) in [5.41, 5.74) is 0. The Balaban J connectivity index is 1.70. The Labute approximate surface area is 151 Å². The van der Waals surface area contributed by atoms with E-state index in [-0.39, 0.29) is 0 Å². The van der Waals surface area contributed by atoms with Crippen LogP contribution in [0.2, 0.25) is 0 Å². The first kappa shape index (κ1) is 21.1. The zero-order valence-corrected chi connectivity index (χ0v) is 15.8. The van der Waals surface area contributed by atoms with Crippen LogP contribution in [0, 0.1) is 6.92 Å². The minimum atomic E-state index is 0.860. The van der Waals surface area contributed by atoms with Gasteiger partial charge in [-0.3, -0.25) is 0 Å². The molecule has 0 fully saturated rings. The van der Waals surface area contributed by atoms with Gasteiger partial charge in [0.15, 0.2) is 0 Å². The highest BCUT2D eigenvalue weighted by molar-refractivity contribution is 5.20. The summed E-state index contributed by atoms with van der Waals surface area (Å²) in [6.07, 6.45) is 20.6. The van der Waals surface area contributed by atoms with E-state index in [9.17, 15) is 0 Å². The van der Waals surface area contributed by atoms with Crippen LogP contribution >= 0.6 is 0 Å². The summed E-state index contributed by atoms with van der Waals surface area (Å²) in [5, 5.41) is 0. The van der Waals surface area contributed by atoms with Gasteiger partial charge in [0.25, 0.3) is 0 Å². The van der Waals surface area contributed by atoms with E-state index in [1.807, 2.05) is 30.3 Å². The van der Waals surface area contributed by atoms with E-state index in [0.29, 0.717) is 0 Å². The molecule has 0 aliphatic heterocycles. The van der Waals surface area contributed by atoms with Gasteiger partial charge < -0.3 is 4.74 Å². The van der Waals surface area contributed by atoms with Crippen LogP contribution in [-0.4, -0.2) is 6.61 Å². The lowest BCUT2D eigenvalue weighted by Gasteiger charge is -2.06. The highest BCUT2D eigenvalue weighted by Gasteiger charge is 1.95. The molecule has 0 aliphatic carbocycles. The summed E-state index contributed by atoms with van der Waals surface area (Å²) in [6, 6.07) is 10.1. The summed E-state index contributed by atoms with van der Waals surface area (Å²) in [5.74, 6) is 1.000. The van der Waals surface area contributed by atoms with Crippen molar-refractivity contribution in [2.24, 2.45) is 0 Å². The molecule has 1 aromatic carbocycles. The van der Waals surface area contributed by atoms with Crippen LogP contribution in [-0.2, 0) is 0 Å². The number of rotatable bonds is 17. The molecule has 0 heterocycles. The maximum Gasteiger partial charge on any atom is 0.119 e. The first-order valence-electron chi connectivity index (χ1n) is 10.4. The van der Waals surface area contributed by atoms with E-state index in [1.54, 1.807) is 0 Å². The van der Waals surface area contributed by atoms with Crippen molar-refractivity contribution < 1.29 is 4.74 Å². The molecule has 0 spiro atoms. The lowest BCUT2D eigenvalue weighted by Crippen LogP contribution is -1.96. The minimum Gasteiger partial charge on any atom is -0.494 e. The molecule has 0 N–H and O–H groups in total. The van der Waals surface area contributed by atoms with Crippen LogP contribution < -0.4 is 4.74 Å². The molecule has 0 unspecified atom stereocenters. The fourth-order valence-electron chi connectivity index (χ4n) is 3.11. The molecule has 1 rings (SSSR count). The largest absolute Gasteiger partial charge is 0.494 e. The zero-order chi connectivity index (χ0) is 17.1. The number of benzene rings is 1. The van der Waals surface area contributed by atoms with Gasteiger partial charge in [0, 0.05) is 0 Å². The molecule has 0 saturated heterocycles. The smallest absolute Gasteiger partial charge is 0.119 e. The van der Waals surface area contributed by atoms with E-state index in [2.05, 4.69) is 6.92 Å². The van der Waals surface area contributed by atoms with Gasteiger partial charge in [-0.05, 0) is 18.6 Å². The molecule has 1 radical (unpaired) electrons. The predicted molar refractivity (Wildman–Crippen MR) is 107 cm³/mol. The highest BCUT2D eigenvalue weighted by atomic mass is 16.5. The maximum atomic E-state index is 5.72. The van der Waals surface area contributed by atoms with Gasteiger partial charge in [-0.1, -0.05) is 115 Å². The monoisotopic (exact) mass is 331 g/mol. The van der Waals surface area contributed by atoms with Crippen LogP contribution in [0.4, 0.5) is 0 Å². The Kier molecular flexibility index (Phi) is 14.8. The van der Waals surface area contributed by atoms with Crippen LogP contribution in [0.25, 0.3) is 0 Å². The van der Waals surface area contributed by atoms with E-state index < -0.39 is 0 Å². The molecule has 24 heavy (non-hydrogen) atoms. The summed E-state index contributed by atoms with van der Waals surface area (Å²) < 4.78 is 5.72. The van der Waals surface area contributed by atoms with Gasteiger partial charge in [0.1, 0.15) is 5.75 Å². The Morgan fingerprint density at radius 2 is 0.958 bits per heavy atom. The topological polar surface area (TPSA) is 9.23 Å². The SMILES string of the molecule is [CH2]CCCCCCCCCCCCCCCCOc1ccccc1. The average Bonchev–Trinajstić information content (AvgIpc) is 2.62. The number of ether oxygens (including phenoxy) is 1. The van der Waals surface area contributed by atoms with Gasteiger partial charge in [-0.15, -0.1) is 0 Å². The Hall–Kier alpha value is -0.980. The molecule has 1 nitrogen and oxygen atoms in total. The normalized spacial score (nSPS) is 10.9. The fraction of sp³-hybridized carbons (Fsp3) is 0.696. The lowest BCUT2D eigenvalue weighted by molar-refractivity contribution is 0.304. The molecule has 0 saturated carbocycles. The third-order valence-corrected chi connectivity index (χ3v) is 4.66. The molecule has 137 valence electrons. The number of para-hydroxylation sites is 1. The number of hydrogen-bond acceptors (Lipinski definition) is 1. The van der Waals surface area contributed by atoms with Gasteiger partial charge in [0.2, 0.25) is 0 Å². The summed E-state index contributed by atoms with van der Waals surface area (Å²) in [7, 11) is 0. The van der Waals surface area contributed by atoms with Crippen molar-refractivity contribution >= 4 is 0 Å². The van der Waals surface area contributed by atoms with E-state index in [0.717, 1.165) is 18.8 Å². The first-order valence-corrected chi connectivity index (χ1v) is 10.4. The second-order valence-electron chi connectivity index (χ2n) is 6.96. The van der Waals surface area contributed by atoms with E-state index in [1.165, 1.54) is 89.9 Å². The molecular formula is C23H39O.